The van der Waals surface area contributed by atoms with E-state index in [4.69, 9.17) is 0 Å². The molecule has 0 radical (unpaired) electrons. The van der Waals surface area contributed by atoms with Gasteiger partial charge in [-0.2, -0.15) is 0 Å². The highest BCUT2D eigenvalue weighted by Gasteiger charge is 2.33. The number of para-hydroxylation sites is 1. The van der Waals surface area contributed by atoms with Crippen molar-refractivity contribution in [1.29, 1.82) is 0 Å². The Bertz CT molecular complexity index is 888. The van der Waals surface area contributed by atoms with E-state index in [1.54, 1.807) is 4.90 Å². The Labute approximate surface area is 144 Å². The first-order chi connectivity index (χ1) is 11.9. The van der Waals surface area contributed by atoms with Gasteiger partial charge in [0.15, 0.2) is 0 Å². The Hall–Kier alpha value is -2.96. The third-order valence-electron chi connectivity index (χ3n) is 4.58. The van der Waals surface area contributed by atoms with Crippen LogP contribution < -0.4 is 10.3 Å². The summed E-state index contributed by atoms with van der Waals surface area (Å²) >= 11 is 0. The molecule has 130 valence electrons. The SMILES string of the molecule is CC(C)C1CN(C(=O)Cn2ccc(=O)c([N+](=O)[O-])c2)c2ccccc21. The van der Waals surface area contributed by atoms with Gasteiger partial charge in [0.25, 0.3) is 5.43 Å². The average Bonchev–Trinajstić information content (AvgIpc) is 2.96. The smallest absolute Gasteiger partial charge is 0.332 e. The molecule has 2 heterocycles. The lowest BCUT2D eigenvalue weighted by Crippen LogP contribution is -2.33. The number of amides is 1. The van der Waals surface area contributed by atoms with Crippen LogP contribution in [0.5, 0.6) is 0 Å². The maximum absolute atomic E-state index is 12.8. The molecule has 0 saturated heterocycles. The maximum atomic E-state index is 12.8. The van der Waals surface area contributed by atoms with Crippen molar-refractivity contribution in [1.82, 2.24) is 4.57 Å². The van der Waals surface area contributed by atoms with Gasteiger partial charge in [-0.05, 0) is 17.5 Å². The fraction of sp³-hybridized carbons (Fsp3) is 0.333. The Kier molecular flexibility index (Phi) is 4.39. The minimum absolute atomic E-state index is 0.0553. The zero-order valence-electron chi connectivity index (χ0n) is 14.1. The summed E-state index contributed by atoms with van der Waals surface area (Å²) in [7, 11) is 0. The van der Waals surface area contributed by atoms with Gasteiger partial charge in [0, 0.05) is 30.4 Å². The van der Waals surface area contributed by atoms with Crippen LogP contribution in [0, 0.1) is 16.0 Å². The molecule has 0 spiro atoms. The molecule has 1 aliphatic heterocycles. The predicted octanol–water partition coefficient (Wildman–Crippen LogP) is 2.54. The highest BCUT2D eigenvalue weighted by molar-refractivity contribution is 5.95. The predicted molar refractivity (Wildman–Crippen MR) is 93.7 cm³/mol. The molecular weight excluding hydrogens is 322 g/mol. The molecule has 7 nitrogen and oxygen atoms in total. The number of rotatable bonds is 4. The van der Waals surface area contributed by atoms with Crippen molar-refractivity contribution in [2.75, 3.05) is 11.4 Å². The molecule has 1 atom stereocenters. The first-order valence-electron chi connectivity index (χ1n) is 8.12. The summed E-state index contributed by atoms with van der Waals surface area (Å²) in [5.41, 5.74) is 0.843. The number of fused-ring (bicyclic) bond motifs is 1. The van der Waals surface area contributed by atoms with Gasteiger partial charge in [-0.25, -0.2) is 0 Å². The summed E-state index contributed by atoms with van der Waals surface area (Å²) in [6, 6.07) is 8.93. The van der Waals surface area contributed by atoms with Gasteiger partial charge in [-0.1, -0.05) is 32.0 Å². The van der Waals surface area contributed by atoms with Crippen LogP contribution in [-0.2, 0) is 11.3 Å². The number of nitro groups is 1. The van der Waals surface area contributed by atoms with Crippen molar-refractivity contribution in [3.05, 3.63) is 68.6 Å². The quantitative estimate of drug-likeness (QED) is 0.632. The van der Waals surface area contributed by atoms with Crippen LogP contribution in [0.1, 0.15) is 25.3 Å². The largest absolute Gasteiger partial charge is 0.339 e. The monoisotopic (exact) mass is 341 g/mol. The minimum atomic E-state index is -0.733. The van der Waals surface area contributed by atoms with E-state index in [0.717, 1.165) is 23.5 Å². The van der Waals surface area contributed by atoms with Gasteiger partial charge in [-0.15, -0.1) is 0 Å². The molecule has 25 heavy (non-hydrogen) atoms. The molecular formula is C18H19N3O4. The Morgan fingerprint density at radius 2 is 2.04 bits per heavy atom. The lowest BCUT2D eigenvalue weighted by molar-refractivity contribution is -0.386. The highest BCUT2D eigenvalue weighted by atomic mass is 16.6. The molecule has 3 rings (SSSR count). The van der Waals surface area contributed by atoms with Gasteiger partial charge in [0.1, 0.15) is 6.54 Å². The lowest BCUT2D eigenvalue weighted by atomic mass is 9.90. The summed E-state index contributed by atoms with van der Waals surface area (Å²) in [6.45, 7) is 4.79. The van der Waals surface area contributed by atoms with E-state index >= 15 is 0 Å². The van der Waals surface area contributed by atoms with Crippen molar-refractivity contribution in [2.45, 2.75) is 26.3 Å². The van der Waals surface area contributed by atoms with Crippen molar-refractivity contribution >= 4 is 17.3 Å². The standard InChI is InChI=1S/C18H19N3O4/c1-12(2)14-9-20(15-6-4-3-5-13(14)15)18(23)11-19-8-7-17(22)16(10-19)21(24)25/h3-8,10,12,14H,9,11H2,1-2H3. The summed E-state index contributed by atoms with van der Waals surface area (Å²) in [5.74, 6) is 0.504. The van der Waals surface area contributed by atoms with E-state index in [2.05, 4.69) is 13.8 Å². The number of aromatic nitrogens is 1. The van der Waals surface area contributed by atoms with E-state index in [1.165, 1.54) is 10.8 Å². The number of hydrogen-bond acceptors (Lipinski definition) is 4. The fourth-order valence-corrected chi connectivity index (χ4v) is 3.24. The maximum Gasteiger partial charge on any atom is 0.332 e. The summed E-state index contributed by atoms with van der Waals surface area (Å²) in [5, 5.41) is 10.9. The van der Waals surface area contributed by atoms with Gasteiger partial charge >= 0.3 is 5.69 Å². The van der Waals surface area contributed by atoms with Crippen LogP contribution in [0.15, 0.2) is 47.5 Å². The molecule has 0 fully saturated rings. The molecule has 0 N–H and O–H groups in total. The number of carbonyl (C=O) groups excluding carboxylic acids is 1. The molecule has 1 amide bonds. The van der Waals surface area contributed by atoms with Crippen LogP contribution in [0.2, 0.25) is 0 Å². The Morgan fingerprint density at radius 3 is 2.72 bits per heavy atom. The van der Waals surface area contributed by atoms with E-state index in [0.29, 0.717) is 12.5 Å². The number of anilines is 1. The molecule has 0 aliphatic carbocycles. The van der Waals surface area contributed by atoms with Gasteiger partial charge < -0.3 is 9.47 Å². The zero-order chi connectivity index (χ0) is 18.1. The third-order valence-corrected chi connectivity index (χ3v) is 4.58. The van der Waals surface area contributed by atoms with Crippen LogP contribution in [-0.4, -0.2) is 21.9 Å². The second-order valence-electron chi connectivity index (χ2n) is 6.54. The number of benzene rings is 1. The number of hydrogen-bond donors (Lipinski definition) is 0. The van der Waals surface area contributed by atoms with Crippen molar-refractivity contribution in [3.63, 3.8) is 0 Å². The van der Waals surface area contributed by atoms with Gasteiger partial charge in [0.2, 0.25) is 5.91 Å². The Morgan fingerprint density at radius 1 is 1.32 bits per heavy atom. The summed E-state index contributed by atoms with van der Waals surface area (Å²) < 4.78 is 1.38. The third kappa shape index (κ3) is 3.17. The molecule has 0 saturated carbocycles. The zero-order valence-corrected chi connectivity index (χ0v) is 14.1. The second-order valence-corrected chi connectivity index (χ2v) is 6.54. The Balaban J connectivity index is 1.86. The topological polar surface area (TPSA) is 85.5 Å². The molecule has 1 unspecified atom stereocenters. The summed E-state index contributed by atoms with van der Waals surface area (Å²) in [4.78, 5) is 36.1. The highest BCUT2D eigenvalue weighted by Crippen LogP contribution is 2.40. The normalized spacial score (nSPS) is 16.1. The van der Waals surface area contributed by atoms with Crippen LogP contribution in [0.4, 0.5) is 11.4 Å². The first-order valence-corrected chi connectivity index (χ1v) is 8.12. The first kappa shape index (κ1) is 16.9. The molecule has 1 aromatic heterocycles. The molecule has 0 bridgehead atoms. The van der Waals surface area contributed by atoms with Crippen molar-refractivity contribution in [2.24, 2.45) is 5.92 Å². The molecule has 2 aromatic rings. The second kappa shape index (κ2) is 6.51. The van der Waals surface area contributed by atoms with Crippen molar-refractivity contribution in [3.8, 4) is 0 Å². The van der Waals surface area contributed by atoms with E-state index < -0.39 is 16.0 Å². The molecule has 7 heteroatoms. The molecule has 1 aliphatic rings. The van der Waals surface area contributed by atoms with E-state index in [-0.39, 0.29) is 18.4 Å². The fourth-order valence-electron chi connectivity index (χ4n) is 3.24. The minimum Gasteiger partial charge on any atom is -0.339 e. The number of nitrogens with zero attached hydrogens (tertiary/aromatic N) is 3. The van der Waals surface area contributed by atoms with Crippen LogP contribution in [0.25, 0.3) is 0 Å². The molecule has 1 aromatic carbocycles. The van der Waals surface area contributed by atoms with E-state index in [9.17, 15) is 19.7 Å². The van der Waals surface area contributed by atoms with Crippen LogP contribution in [0.3, 0.4) is 0 Å². The van der Waals surface area contributed by atoms with E-state index in [1.807, 2.05) is 24.3 Å². The summed E-state index contributed by atoms with van der Waals surface area (Å²) in [6.07, 6.45) is 2.51. The van der Waals surface area contributed by atoms with Gasteiger partial charge in [-0.3, -0.25) is 19.7 Å². The van der Waals surface area contributed by atoms with Gasteiger partial charge in [0.05, 0.1) is 11.1 Å². The number of carbonyl (C=O) groups is 1. The average molecular weight is 341 g/mol. The van der Waals surface area contributed by atoms with Crippen molar-refractivity contribution < 1.29 is 9.72 Å². The lowest BCUT2D eigenvalue weighted by Gasteiger charge is -2.19. The van der Waals surface area contributed by atoms with Crippen LogP contribution >= 0.6 is 0 Å². The number of pyridine rings is 1.